The largest absolute Gasteiger partial charge is 0.353 e. The van der Waals surface area contributed by atoms with Crippen LogP contribution in [0.15, 0.2) is 79.3 Å². The Labute approximate surface area is 217 Å². The number of amides is 1. The number of H-pyrrole nitrogens is 2. The smallest absolute Gasteiger partial charge is 0.227 e. The Bertz CT molecular complexity index is 1820. The summed E-state index contributed by atoms with van der Waals surface area (Å²) in [6.07, 6.45) is 8.15. The zero-order valence-electron chi connectivity index (χ0n) is 20.3. The van der Waals surface area contributed by atoms with Gasteiger partial charge in [-0.25, -0.2) is 4.39 Å². The van der Waals surface area contributed by atoms with Crippen LogP contribution in [0.4, 0.5) is 10.1 Å². The molecule has 1 aliphatic rings. The lowest BCUT2D eigenvalue weighted by Gasteiger charge is -2.24. The van der Waals surface area contributed by atoms with E-state index in [1.165, 1.54) is 12.1 Å². The number of benzene rings is 2. The number of carbonyl (C=O) groups is 1. The van der Waals surface area contributed by atoms with Crippen LogP contribution in [0.25, 0.3) is 55.6 Å². The number of pyridine rings is 2. The number of anilines is 1. The molecule has 1 amide bonds. The van der Waals surface area contributed by atoms with Gasteiger partial charge in [-0.3, -0.25) is 19.9 Å². The van der Waals surface area contributed by atoms with E-state index >= 15 is 0 Å². The number of nitrogens with one attached hydrogen (secondary N) is 3. The molecular formula is C30H23FN6O. The Kier molecular flexibility index (Phi) is 5.25. The average Bonchev–Trinajstić information content (AvgIpc) is 3.52. The lowest BCUT2D eigenvalue weighted by molar-refractivity contribution is -0.122. The highest BCUT2D eigenvalue weighted by Crippen LogP contribution is 2.35. The summed E-state index contributed by atoms with van der Waals surface area (Å²) in [5.41, 5.74) is 7.56. The molecule has 7 nitrogen and oxygen atoms in total. The SMILES string of the molecule is O=C(Nc1cncc(-c2cc3c(-c4cc5c(-c6ccc(F)cc6)cccc5[nH]4)n[nH]c3cn2)c1)C1CCC1. The van der Waals surface area contributed by atoms with E-state index in [-0.39, 0.29) is 17.6 Å². The van der Waals surface area contributed by atoms with Crippen LogP contribution in [0.1, 0.15) is 19.3 Å². The van der Waals surface area contributed by atoms with E-state index < -0.39 is 0 Å². The third-order valence-electron chi connectivity index (χ3n) is 7.30. The van der Waals surface area contributed by atoms with Gasteiger partial charge in [0, 0.05) is 34.0 Å². The maximum absolute atomic E-state index is 13.5. The fourth-order valence-corrected chi connectivity index (χ4v) is 5.01. The quantitative estimate of drug-likeness (QED) is 0.244. The minimum absolute atomic E-state index is 0.0505. The molecule has 0 unspecified atom stereocenters. The number of fused-ring (bicyclic) bond motifs is 2. The van der Waals surface area contributed by atoms with E-state index in [1.54, 1.807) is 30.7 Å². The molecule has 2 aromatic carbocycles. The lowest BCUT2D eigenvalue weighted by atomic mass is 9.85. The summed E-state index contributed by atoms with van der Waals surface area (Å²) in [4.78, 5) is 24.8. The van der Waals surface area contributed by atoms with Gasteiger partial charge >= 0.3 is 0 Å². The Morgan fingerprint density at radius 1 is 0.921 bits per heavy atom. The molecule has 8 heteroatoms. The number of hydrogen-bond acceptors (Lipinski definition) is 4. The van der Waals surface area contributed by atoms with Crippen molar-refractivity contribution in [2.45, 2.75) is 19.3 Å². The van der Waals surface area contributed by atoms with E-state index in [4.69, 9.17) is 0 Å². The molecule has 0 saturated heterocycles. The van der Waals surface area contributed by atoms with Crippen molar-refractivity contribution in [3.63, 3.8) is 0 Å². The monoisotopic (exact) mass is 502 g/mol. The van der Waals surface area contributed by atoms with Gasteiger partial charge in [0.15, 0.2) is 0 Å². The molecule has 1 fully saturated rings. The summed E-state index contributed by atoms with van der Waals surface area (Å²) < 4.78 is 13.5. The summed E-state index contributed by atoms with van der Waals surface area (Å²) in [5.74, 6) is -0.111. The molecule has 0 aliphatic heterocycles. The van der Waals surface area contributed by atoms with Crippen LogP contribution in [0.5, 0.6) is 0 Å². The molecule has 1 aliphatic carbocycles. The van der Waals surface area contributed by atoms with Crippen LogP contribution in [0, 0.1) is 11.7 Å². The fourth-order valence-electron chi connectivity index (χ4n) is 5.01. The molecule has 6 aromatic rings. The van der Waals surface area contributed by atoms with Crippen LogP contribution in [0.3, 0.4) is 0 Å². The van der Waals surface area contributed by atoms with Crippen molar-refractivity contribution in [3.05, 3.63) is 85.1 Å². The van der Waals surface area contributed by atoms with Crippen molar-refractivity contribution in [2.24, 2.45) is 5.92 Å². The first-order chi connectivity index (χ1) is 18.6. The van der Waals surface area contributed by atoms with Gasteiger partial charge in [-0.1, -0.05) is 30.7 Å². The van der Waals surface area contributed by atoms with Crippen molar-refractivity contribution in [2.75, 3.05) is 5.32 Å². The van der Waals surface area contributed by atoms with Gasteiger partial charge in [0.2, 0.25) is 5.91 Å². The van der Waals surface area contributed by atoms with E-state index in [1.807, 2.05) is 30.3 Å². The van der Waals surface area contributed by atoms with Crippen LogP contribution in [-0.4, -0.2) is 31.1 Å². The second-order valence-corrected chi connectivity index (χ2v) is 9.72. The van der Waals surface area contributed by atoms with E-state index in [2.05, 4.69) is 36.5 Å². The fraction of sp³-hybridized carbons (Fsp3) is 0.133. The Hall–Kier alpha value is -4.85. The molecule has 186 valence electrons. The van der Waals surface area contributed by atoms with Gasteiger partial charge in [-0.05, 0) is 60.4 Å². The molecule has 0 bridgehead atoms. The molecule has 0 radical (unpaired) electrons. The number of rotatable bonds is 5. The summed E-state index contributed by atoms with van der Waals surface area (Å²) in [5, 5.41) is 12.6. The third kappa shape index (κ3) is 3.91. The van der Waals surface area contributed by atoms with Crippen molar-refractivity contribution in [3.8, 4) is 33.8 Å². The summed E-state index contributed by atoms with van der Waals surface area (Å²) >= 11 is 0. The van der Waals surface area contributed by atoms with Crippen LogP contribution in [0.2, 0.25) is 0 Å². The van der Waals surface area contributed by atoms with E-state index in [9.17, 15) is 9.18 Å². The number of carbonyl (C=O) groups excluding carboxylic acids is 1. The number of halogens is 1. The van der Waals surface area contributed by atoms with Gasteiger partial charge < -0.3 is 10.3 Å². The lowest BCUT2D eigenvalue weighted by Crippen LogP contribution is -2.28. The summed E-state index contributed by atoms with van der Waals surface area (Å²) in [6, 6.07) is 18.5. The summed E-state index contributed by atoms with van der Waals surface area (Å²) in [6.45, 7) is 0. The van der Waals surface area contributed by atoms with Gasteiger partial charge in [0.1, 0.15) is 11.5 Å². The maximum Gasteiger partial charge on any atom is 0.227 e. The number of hydrogen-bond donors (Lipinski definition) is 3. The highest BCUT2D eigenvalue weighted by molar-refractivity contribution is 6.01. The number of aromatic amines is 2. The molecule has 0 atom stereocenters. The molecule has 0 spiro atoms. The summed E-state index contributed by atoms with van der Waals surface area (Å²) in [7, 11) is 0. The molecule has 1 saturated carbocycles. The molecule has 4 aromatic heterocycles. The Balaban J connectivity index is 1.26. The van der Waals surface area contributed by atoms with Gasteiger partial charge in [0.25, 0.3) is 0 Å². The Morgan fingerprint density at radius 3 is 2.61 bits per heavy atom. The van der Waals surface area contributed by atoms with Crippen molar-refractivity contribution >= 4 is 33.4 Å². The van der Waals surface area contributed by atoms with E-state index in [0.29, 0.717) is 5.69 Å². The topological polar surface area (TPSA) is 99.4 Å². The van der Waals surface area contributed by atoms with Crippen molar-refractivity contribution in [1.29, 1.82) is 0 Å². The second-order valence-electron chi connectivity index (χ2n) is 9.72. The zero-order chi connectivity index (χ0) is 25.6. The Morgan fingerprint density at radius 2 is 1.79 bits per heavy atom. The van der Waals surface area contributed by atoms with Gasteiger partial charge in [0.05, 0.1) is 35.0 Å². The molecule has 3 N–H and O–H groups in total. The number of aromatic nitrogens is 5. The predicted molar refractivity (Wildman–Crippen MR) is 146 cm³/mol. The van der Waals surface area contributed by atoms with Crippen LogP contribution < -0.4 is 5.32 Å². The second kappa shape index (κ2) is 8.92. The maximum atomic E-state index is 13.5. The number of nitrogens with zero attached hydrogens (tertiary/aromatic N) is 3. The first-order valence-electron chi connectivity index (χ1n) is 12.6. The first kappa shape index (κ1) is 22.4. The first-order valence-corrected chi connectivity index (χ1v) is 12.6. The average molecular weight is 503 g/mol. The molecular weight excluding hydrogens is 479 g/mol. The highest BCUT2D eigenvalue weighted by atomic mass is 19.1. The van der Waals surface area contributed by atoms with Crippen molar-refractivity contribution in [1.82, 2.24) is 25.1 Å². The molecule has 38 heavy (non-hydrogen) atoms. The van der Waals surface area contributed by atoms with Crippen LogP contribution in [-0.2, 0) is 4.79 Å². The predicted octanol–water partition coefficient (Wildman–Crippen LogP) is 6.71. The normalized spacial score (nSPS) is 13.6. The molecule has 7 rings (SSSR count). The minimum atomic E-state index is -0.260. The highest BCUT2D eigenvalue weighted by Gasteiger charge is 2.25. The van der Waals surface area contributed by atoms with E-state index in [0.717, 1.165) is 74.8 Å². The van der Waals surface area contributed by atoms with Crippen LogP contribution >= 0.6 is 0 Å². The van der Waals surface area contributed by atoms with Crippen molar-refractivity contribution < 1.29 is 9.18 Å². The minimum Gasteiger partial charge on any atom is -0.353 e. The van der Waals surface area contributed by atoms with Gasteiger partial charge in [-0.15, -0.1) is 0 Å². The molecule has 4 heterocycles. The third-order valence-corrected chi connectivity index (χ3v) is 7.30. The zero-order valence-corrected chi connectivity index (χ0v) is 20.3. The standard InChI is InChI=1S/C30H23FN6O/c31-20-9-7-17(8-10-20)22-5-2-6-25-23(22)12-27(35-25)29-24-13-26(33-16-28(24)36-37-29)19-11-21(15-32-14-19)34-30(38)18-3-1-4-18/h2,5-16,18,35H,1,3-4H2,(H,34,38)(H,36,37). The van der Waals surface area contributed by atoms with Gasteiger partial charge in [-0.2, -0.15) is 5.10 Å².